The Morgan fingerprint density at radius 1 is 1.24 bits per heavy atom. The van der Waals surface area contributed by atoms with E-state index in [2.05, 4.69) is 20.5 Å². The van der Waals surface area contributed by atoms with E-state index < -0.39 is 12.8 Å². The number of hydrogen-bond acceptors (Lipinski definition) is 6. The van der Waals surface area contributed by atoms with Crippen molar-refractivity contribution in [2.24, 2.45) is 7.05 Å². The van der Waals surface area contributed by atoms with Crippen molar-refractivity contribution in [3.05, 3.63) is 48.0 Å². The van der Waals surface area contributed by atoms with Gasteiger partial charge in [0.05, 0.1) is 41.9 Å². The summed E-state index contributed by atoms with van der Waals surface area (Å²) in [6.45, 7) is 6.76. The van der Waals surface area contributed by atoms with Gasteiger partial charge in [-0.1, -0.05) is 0 Å². The summed E-state index contributed by atoms with van der Waals surface area (Å²) in [6, 6.07) is 5.51. The summed E-state index contributed by atoms with van der Waals surface area (Å²) in [5.74, 6) is 0.441. The summed E-state index contributed by atoms with van der Waals surface area (Å²) in [6.07, 6.45) is 2.34. The van der Waals surface area contributed by atoms with Gasteiger partial charge in [-0.15, -0.1) is 0 Å². The maximum atomic E-state index is 13.4. The minimum absolute atomic E-state index is 0.0390. The summed E-state index contributed by atoms with van der Waals surface area (Å²) in [5, 5.41) is 12.2. The molecule has 0 saturated carbocycles. The molecule has 10 heteroatoms. The molecule has 0 atom stereocenters. The summed E-state index contributed by atoms with van der Waals surface area (Å²) in [4.78, 5) is 9.09. The Balaban J connectivity index is 1.90. The maximum Gasteiger partial charge on any atom is 0.244 e. The highest BCUT2D eigenvalue weighted by atomic mass is 19.3. The van der Waals surface area contributed by atoms with E-state index in [1.165, 1.54) is 0 Å². The van der Waals surface area contributed by atoms with E-state index in [4.69, 9.17) is 9.72 Å². The van der Waals surface area contributed by atoms with Gasteiger partial charge in [-0.3, -0.25) is 9.36 Å². The second-order valence-corrected chi connectivity index (χ2v) is 8.00. The van der Waals surface area contributed by atoms with Gasteiger partial charge in [0.1, 0.15) is 11.0 Å². The quantitative estimate of drug-likeness (QED) is 0.396. The minimum Gasteiger partial charge on any atom is -0.477 e. The third kappa shape index (κ3) is 4.79. The predicted molar refractivity (Wildman–Crippen MR) is 123 cm³/mol. The van der Waals surface area contributed by atoms with E-state index in [0.29, 0.717) is 41.3 Å². The molecule has 174 valence electrons. The SMILES string of the molecule is CCOc1ncccc1-c1cc(NCc2cnn(C)c2)c2c(n1)c(CC(F)F)nn2C(C)C. The Hall–Kier alpha value is -3.56. The zero-order valence-corrected chi connectivity index (χ0v) is 19.1. The summed E-state index contributed by atoms with van der Waals surface area (Å²) < 4.78 is 35.9. The zero-order valence-electron chi connectivity index (χ0n) is 19.1. The van der Waals surface area contributed by atoms with Crippen LogP contribution in [0.2, 0.25) is 0 Å². The Morgan fingerprint density at radius 3 is 2.73 bits per heavy atom. The van der Waals surface area contributed by atoms with Gasteiger partial charge in [0.15, 0.2) is 0 Å². The zero-order chi connectivity index (χ0) is 23.5. The van der Waals surface area contributed by atoms with Crippen molar-refractivity contribution in [3.8, 4) is 17.1 Å². The molecule has 4 rings (SSSR count). The number of rotatable bonds is 9. The lowest BCUT2D eigenvalue weighted by molar-refractivity contribution is 0.148. The van der Waals surface area contributed by atoms with Gasteiger partial charge in [-0.2, -0.15) is 10.2 Å². The fourth-order valence-electron chi connectivity index (χ4n) is 3.73. The number of anilines is 1. The molecule has 0 aliphatic rings. The van der Waals surface area contributed by atoms with Gasteiger partial charge in [-0.05, 0) is 39.0 Å². The van der Waals surface area contributed by atoms with E-state index in [-0.39, 0.29) is 11.7 Å². The van der Waals surface area contributed by atoms with Crippen LogP contribution in [0.1, 0.15) is 38.1 Å². The Labute approximate surface area is 190 Å². The van der Waals surface area contributed by atoms with Crippen molar-refractivity contribution in [2.45, 2.75) is 46.2 Å². The van der Waals surface area contributed by atoms with Crippen molar-refractivity contribution in [1.82, 2.24) is 29.5 Å². The van der Waals surface area contributed by atoms with Crippen LogP contribution in [0.25, 0.3) is 22.3 Å². The molecule has 0 aromatic carbocycles. The molecule has 0 aliphatic carbocycles. The summed E-state index contributed by atoms with van der Waals surface area (Å²) >= 11 is 0. The normalized spacial score (nSPS) is 11.6. The summed E-state index contributed by atoms with van der Waals surface area (Å²) in [7, 11) is 1.86. The van der Waals surface area contributed by atoms with Crippen LogP contribution in [0.3, 0.4) is 0 Å². The number of aryl methyl sites for hydroxylation is 1. The second kappa shape index (κ2) is 9.51. The molecule has 0 amide bonds. The van der Waals surface area contributed by atoms with Gasteiger partial charge < -0.3 is 10.1 Å². The Bertz CT molecular complexity index is 1250. The smallest absolute Gasteiger partial charge is 0.244 e. The third-order valence-corrected chi connectivity index (χ3v) is 5.13. The lowest BCUT2D eigenvalue weighted by Crippen LogP contribution is -2.07. The van der Waals surface area contributed by atoms with Gasteiger partial charge in [-0.25, -0.2) is 18.7 Å². The number of aromatic nitrogens is 6. The molecule has 0 fully saturated rings. The number of nitrogens with one attached hydrogen (secondary N) is 1. The van der Waals surface area contributed by atoms with Crippen LogP contribution < -0.4 is 10.1 Å². The van der Waals surface area contributed by atoms with Crippen molar-refractivity contribution in [3.63, 3.8) is 0 Å². The van der Waals surface area contributed by atoms with Crippen molar-refractivity contribution in [1.29, 1.82) is 0 Å². The first-order valence-electron chi connectivity index (χ1n) is 10.9. The molecular weight excluding hydrogens is 428 g/mol. The van der Waals surface area contributed by atoms with Gasteiger partial charge >= 0.3 is 0 Å². The highest BCUT2D eigenvalue weighted by Gasteiger charge is 2.22. The highest BCUT2D eigenvalue weighted by molar-refractivity contribution is 5.93. The van der Waals surface area contributed by atoms with Crippen LogP contribution >= 0.6 is 0 Å². The molecule has 33 heavy (non-hydrogen) atoms. The lowest BCUT2D eigenvalue weighted by Gasteiger charge is -2.15. The standard InChI is InChI=1S/C23H27F2N7O/c1-5-33-23-16(7-6-8-26-23)17-9-19(27-11-15-12-28-31(4)13-15)22-21(29-17)18(10-20(24)25)30-32(22)14(2)3/h6-9,12-14,20H,5,10-11H2,1-4H3,(H,27,29). The van der Waals surface area contributed by atoms with Crippen LogP contribution in [0.5, 0.6) is 5.88 Å². The molecular formula is C23H27F2N7O. The van der Waals surface area contributed by atoms with E-state index in [9.17, 15) is 8.78 Å². The van der Waals surface area contributed by atoms with Crippen LogP contribution in [-0.2, 0) is 20.0 Å². The third-order valence-electron chi connectivity index (χ3n) is 5.13. The fraction of sp³-hybridized carbons (Fsp3) is 0.391. The van der Waals surface area contributed by atoms with Crippen LogP contribution in [0, 0.1) is 0 Å². The highest BCUT2D eigenvalue weighted by Crippen LogP contribution is 2.35. The van der Waals surface area contributed by atoms with Gasteiger partial charge in [0.2, 0.25) is 12.3 Å². The molecule has 0 saturated heterocycles. The van der Waals surface area contributed by atoms with Crippen LogP contribution in [0.4, 0.5) is 14.5 Å². The number of nitrogens with zero attached hydrogens (tertiary/aromatic N) is 6. The maximum absolute atomic E-state index is 13.4. The first kappa shape index (κ1) is 22.6. The number of alkyl halides is 2. The minimum atomic E-state index is -2.53. The topological polar surface area (TPSA) is 82.7 Å². The van der Waals surface area contributed by atoms with E-state index in [0.717, 1.165) is 11.3 Å². The lowest BCUT2D eigenvalue weighted by atomic mass is 10.1. The average Bonchev–Trinajstić information content (AvgIpc) is 3.36. The predicted octanol–water partition coefficient (Wildman–Crippen LogP) is 4.63. The molecule has 1 N–H and O–H groups in total. The molecule has 0 bridgehead atoms. The van der Waals surface area contributed by atoms with Gasteiger partial charge in [0, 0.05) is 37.6 Å². The molecule has 4 aromatic heterocycles. The number of fused-ring (bicyclic) bond motifs is 1. The number of halogens is 2. The average molecular weight is 456 g/mol. The van der Waals surface area contributed by atoms with Crippen molar-refractivity contribution < 1.29 is 13.5 Å². The second-order valence-electron chi connectivity index (χ2n) is 8.00. The number of pyridine rings is 2. The number of hydrogen-bond donors (Lipinski definition) is 1. The molecule has 4 aromatic rings. The van der Waals surface area contributed by atoms with E-state index >= 15 is 0 Å². The van der Waals surface area contributed by atoms with E-state index in [1.807, 2.05) is 46.1 Å². The molecule has 0 aliphatic heterocycles. The van der Waals surface area contributed by atoms with Crippen LogP contribution in [-0.4, -0.2) is 42.6 Å². The fourth-order valence-corrected chi connectivity index (χ4v) is 3.73. The first-order chi connectivity index (χ1) is 15.9. The van der Waals surface area contributed by atoms with Crippen LogP contribution in [0.15, 0.2) is 36.8 Å². The monoisotopic (exact) mass is 455 g/mol. The van der Waals surface area contributed by atoms with Crippen molar-refractivity contribution >= 4 is 16.7 Å². The first-order valence-corrected chi connectivity index (χ1v) is 10.9. The molecule has 0 spiro atoms. The summed E-state index contributed by atoms with van der Waals surface area (Å²) in [5.41, 5.74) is 4.40. The molecule has 8 nitrogen and oxygen atoms in total. The van der Waals surface area contributed by atoms with Crippen molar-refractivity contribution in [2.75, 3.05) is 11.9 Å². The van der Waals surface area contributed by atoms with Gasteiger partial charge in [0.25, 0.3) is 0 Å². The molecule has 4 heterocycles. The number of ether oxygens (including phenoxy) is 1. The molecule has 0 radical (unpaired) electrons. The van der Waals surface area contributed by atoms with E-state index in [1.54, 1.807) is 27.8 Å². The Morgan fingerprint density at radius 2 is 2.06 bits per heavy atom. The molecule has 0 unspecified atom stereocenters. The Kier molecular flexibility index (Phi) is 6.52. The largest absolute Gasteiger partial charge is 0.477 e.